The Morgan fingerprint density at radius 2 is 1.92 bits per heavy atom. The Kier molecular flexibility index (Phi) is 5.83. The fraction of sp³-hybridized carbons (Fsp3) is 0.350. The zero-order chi connectivity index (χ0) is 18.5. The highest BCUT2D eigenvalue weighted by Gasteiger charge is 2.34. The number of benzene rings is 2. The average molecular weight is 360 g/mol. The minimum atomic E-state index is -0.671. The molecule has 1 atom stereocenters. The van der Waals surface area contributed by atoms with Crippen LogP contribution in [0.5, 0.6) is 0 Å². The van der Waals surface area contributed by atoms with Crippen LogP contribution in [-0.2, 0) is 16.1 Å². The summed E-state index contributed by atoms with van der Waals surface area (Å²) in [6.07, 6.45) is 0. The molecule has 4 nitrogen and oxygen atoms in total. The SMILES string of the molecule is CCOC(=O)C1CN(Cc2ccccc2)CCN1c1ccc(F)cc1F. The predicted octanol–water partition coefficient (Wildman–Crippen LogP) is 3.22. The molecule has 138 valence electrons. The highest BCUT2D eigenvalue weighted by molar-refractivity contribution is 5.81. The molecule has 26 heavy (non-hydrogen) atoms. The lowest BCUT2D eigenvalue weighted by Crippen LogP contribution is -2.57. The second-order valence-electron chi connectivity index (χ2n) is 6.28. The molecule has 3 rings (SSSR count). The van der Waals surface area contributed by atoms with Crippen molar-refractivity contribution in [2.45, 2.75) is 19.5 Å². The molecule has 1 saturated heterocycles. The van der Waals surface area contributed by atoms with Crippen molar-refractivity contribution in [3.05, 3.63) is 65.7 Å². The standard InChI is InChI=1S/C20H22F2N2O2/c1-2-26-20(25)19-14-23(13-15-6-4-3-5-7-15)10-11-24(19)18-9-8-16(21)12-17(18)22/h3-9,12,19H,2,10-11,13-14H2,1H3. The van der Waals surface area contributed by atoms with Crippen molar-refractivity contribution >= 4 is 11.7 Å². The fourth-order valence-corrected chi connectivity index (χ4v) is 3.27. The van der Waals surface area contributed by atoms with Crippen LogP contribution in [0.15, 0.2) is 48.5 Å². The van der Waals surface area contributed by atoms with Crippen LogP contribution in [0.4, 0.5) is 14.5 Å². The van der Waals surface area contributed by atoms with Gasteiger partial charge in [0.1, 0.15) is 17.7 Å². The van der Waals surface area contributed by atoms with Gasteiger partial charge in [-0.15, -0.1) is 0 Å². The number of hydrogen-bond donors (Lipinski definition) is 0. The molecule has 0 radical (unpaired) electrons. The van der Waals surface area contributed by atoms with E-state index in [0.717, 1.165) is 11.6 Å². The van der Waals surface area contributed by atoms with Gasteiger partial charge >= 0.3 is 5.97 Å². The summed E-state index contributed by atoms with van der Waals surface area (Å²) < 4.78 is 32.7. The van der Waals surface area contributed by atoms with Crippen LogP contribution in [0.3, 0.4) is 0 Å². The number of esters is 1. The lowest BCUT2D eigenvalue weighted by molar-refractivity contribution is -0.145. The molecule has 2 aromatic rings. The monoisotopic (exact) mass is 360 g/mol. The van der Waals surface area contributed by atoms with Crippen molar-refractivity contribution in [2.24, 2.45) is 0 Å². The van der Waals surface area contributed by atoms with Gasteiger partial charge in [0, 0.05) is 32.2 Å². The summed E-state index contributed by atoms with van der Waals surface area (Å²) in [4.78, 5) is 16.3. The zero-order valence-electron chi connectivity index (χ0n) is 14.7. The molecule has 1 aliphatic heterocycles. The molecule has 0 bridgehead atoms. The van der Waals surface area contributed by atoms with E-state index in [9.17, 15) is 13.6 Å². The lowest BCUT2D eigenvalue weighted by atomic mass is 10.1. The second kappa shape index (κ2) is 8.27. The molecule has 1 heterocycles. The van der Waals surface area contributed by atoms with E-state index in [0.29, 0.717) is 26.2 Å². The first kappa shape index (κ1) is 18.3. The van der Waals surface area contributed by atoms with E-state index in [4.69, 9.17) is 4.74 Å². The maximum absolute atomic E-state index is 14.3. The number of hydrogen-bond acceptors (Lipinski definition) is 4. The van der Waals surface area contributed by atoms with Gasteiger partial charge in [-0.05, 0) is 24.6 Å². The van der Waals surface area contributed by atoms with Gasteiger partial charge in [-0.2, -0.15) is 0 Å². The molecule has 0 aromatic heterocycles. The topological polar surface area (TPSA) is 32.8 Å². The summed E-state index contributed by atoms with van der Waals surface area (Å²) in [6, 6.07) is 12.8. The number of piperazine rings is 1. The van der Waals surface area contributed by atoms with Crippen molar-refractivity contribution in [1.29, 1.82) is 0 Å². The third kappa shape index (κ3) is 4.19. The predicted molar refractivity (Wildman–Crippen MR) is 95.8 cm³/mol. The first-order chi connectivity index (χ1) is 12.6. The van der Waals surface area contributed by atoms with E-state index in [1.54, 1.807) is 11.8 Å². The van der Waals surface area contributed by atoms with Crippen LogP contribution in [0, 0.1) is 11.6 Å². The van der Waals surface area contributed by atoms with Crippen LogP contribution >= 0.6 is 0 Å². The van der Waals surface area contributed by atoms with E-state index in [1.807, 2.05) is 30.3 Å². The van der Waals surface area contributed by atoms with Gasteiger partial charge < -0.3 is 9.64 Å². The minimum Gasteiger partial charge on any atom is -0.464 e. The zero-order valence-corrected chi connectivity index (χ0v) is 14.7. The largest absolute Gasteiger partial charge is 0.464 e. The molecule has 0 N–H and O–H groups in total. The molecular formula is C20H22F2N2O2. The Hall–Kier alpha value is -2.47. The minimum absolute atomic E-state index is 0.226. The van der Waals surface area contributed by atoms with Crippen molar-refractivity contribution in [3.63, 3.8) is 0 Å². The number of nitrogens with zero attached hydrogens (tertiary/aromatic N) is 2. The van der Waals surface area contributed by atoms with Crippen LogP contribution in [0.2, 0.25) is 0 Å². The van der Waals surface area contributed by atoms with Gasteiger partial charge in [0.15, 0.2) is 0 Å². The first-order valence-electron chi connectivity index (χ1n) is 8.73. The first-order valence-corrected chi connectivity index (χ1v) is 8.73. The Labute approximate surface area is 152 Å². The van der Waals surface area contributed by atoms with E-state index < -0.39 is 23.6 Å². The Bertz CT molecular complexity index is 755. The Balaban J connectivity index is 1.80. The molecular weight excluding hydrogens is 338 g/mol. The lowest BCUT2D eigenvalue weighted by Gasteiger charge is -2.41. The van der Waals surface area contributed by atoms with Crippen LogP contribution < -0.4 is 4.90 Å². The highest BCUT2D eigenvalue weighted by atomic mass is 19.1. The number of anilines is 1. The summed E-state index contributed by atoms with van der Waals surface area (Å²) in [7, 11) is 0. The number of halogens is 2. The van der Waals surface area contributed by atoms with Crippen molar-refractivity contribution in [1.82, 2.24) is 4.90 Å². The number of carbonyl (C=O) groups excluding carboxylic acids is 1. The molecule has 1 unspecified atom stereocenters. The summed E-state index contributed by atoms with van der Waals surface area (Å²) in [5.74, 6) is -1.70. The molecule has 0 amide bonds. The van der Waals surface area contributed by atoms with E-state index in [-0.39, 0.29) is 12.3 Å². The van der Waals surface area contributed by atoms with E-state index in [2.05, 4.69) is 4.90 Å². The van der Waals surface area contributed by atoms with Gasteiger partial charge in [0.2, 0.25) is 0 Å². The van der Waals surface area contributed by atoms with Crippen LogP contribution in [0.1, 0.15) is 12.5 Å². The third-order valence-corrected chi connectivity index (χ3v) is 4.49. The number of carbonyl (C=O) groups is 1. The van der Waals surface area contributed by atoms with Gasteiger partial charge in [-0.25, -0.2) is 13.6 Å². The highest BCUT2D eigenvalue weighted by Crippen LogP contribution is 2.26. The van der Waals surface area contributed by atoms with E-state index >= 15 is 0 Å². The molecule has 2 aromatic carbocycles. The normalized spacial score (nSPS) is 18.0. The molecule has 1 aliphatic rings. The Morgan fingerprint density at radius 1 is 1.15 bits per heavy atom. The molecule has 1 fully saturated rings. The maximum Gasteiger partial charge on any atom is 0.330 e. The smallest absolute Gasteiger partial charge is 0.330 e. The molecule has 0 saturated carbocycles. The fourth-order valence-electron chi connectivity index (χ4n) is 3.27. The van der Waals surface area contributed by atoms with Crippen molar-refractivity contribution in [3.8, 4) is 0 Å². The van der Waals surface area contributed by atoms with Crippen LogP contribution in [0.25, 0.3) is 0 Å². The van der Waals surface area contributed by atoms with Gasteiger partial charge in [-0.1, -0.05) is 30.3 Å². The summed E-state index contributed by atoms with van der Waals surface area (Å²) in [5, 5.41) is 0. The van der Waals surface area contributed by atoms with Crippen molar-refractivity contribution in [2.75, 3.05) is 31.1 Å². The Morgan fingerprint density at radius 3 is 2.62 bits per heavy atom. The van der Waals surface area contributed by atoms with Crippen molar-refractivity contribution < 1.29 is 18.3 Å². The van der Waals surface area contributed by atoms with Gasteiger partial charge in [0.25, 0.3) is 0 Å². The van der Waals surface area contributed by atoms with Crippen LogP contribution in [-0.4, -0.2) is 43.2 Å². The third-order valence-electron chi connectivity index (χ3n) is 4.49. The van der Waals surface area contributed by atoms with Gasteiger partial charge in [-0.3, -0.25) is 4.90 Å². The summed E-state index contributed by atoms with van der Waals surface area (Å²) in [6.45, 7) is 4.25. The number of ether oxygens (including phenoxy) is 1. The quantitative estimate of drug-likeness (QED) is 0.767. The summed E-state index contributed by atoms with van der Waals surface area (Å²) in [5.41, 5.74) is 1.38. The molecule has 0 spiro atoms. The van der Waals surface area contributed by atoms with E-state index in [1.165, 1.54) is 12.1 Å². The molecule has 6 heteroatoms. The van der Waals surface area contributed by atoms with Gasteiger partial charge in [0.05, 0.1) is 12.3 Å². The maximum atomic E-state index is 14.3. The number of rotatable bonds is 5. The average Bonchev–Trinajstić information content (AvgIpc) is 2.63. The molecule has 0 aliphatic carbocycles. The summed E-state index contributed by atoms with van der Waals surface area (Å²) >= 11 is 0. The second-order valence-corrected chi connectivity index (χ2v) is 6.28.